The number of fused-ring (bicyclic) bond motifs is 1. The maximum absolute atomic E-state index is 12.5. The highest BCUT2D eigenvalue weighted by atomic mass is 35.5. The minimum Gasteiger partial charge on any atom is -0.348 e. The Morgan fingerprint density at radius 1 is 1.38 bits per heavy atom. The Balaban J connectivity index is 1.59. The molecule has 0 radical (unpaired) electrons. The molecule has 1 saturated heterocycles. The molecule has 1 amide bonds. The highest BCUT2D eigenvalue weighted by Gasteiger charge is 2.38. The molecule has 1 aromatic rings. The van der Waals surface area contributed by atoms with Crippen LogP contribution >= 0.6 is 11.6 Å². The molecule has 21 heavy (non-hydrogen) atoms. The smallest absolute Gasteiger partial charge is 0.237 e. The second-order valence-corrected chi connectivity index (χ2v) is 6.83. The van der Waals surface area contributed by atoms with Crippen molar-refractivity contribution in [3.63, 3.8) is 0 Å². The fourth-order valence-electron chi connectivity index (χ4n) is 3.69. The van der Waals surface area contributed by atoms with Crippen LogP contribution in [0.4, 0.5) is 0 Å². The van der Waals surface area contributed by atoms with Gasteiger partial charge in [-0.15, -0.1) is 0 Å². The van der Waals surface area contributed by atoms with Crippen LogP contribution in [-0.4, -0.2) is 18.0 Å². The van der Waals surface area contributed by atoms with Crippen molar-refractivity contribution >= 4 is 17.5 Å². The first-order valence-electron chi connectivity index (χ1n) is 7.95. The molecule has 1 heterocycles. The van der Waals surface area contributed by atoms with Crippen LogP contribution in [0.3, 0.4) is 0 Å². The van der Waals surface area contributed by atoms with E-state index >= 15 is 0 Å². The lowest BCUT2D eigenvalue weighted by Gasteiger charge is -2.24. The van der Waals surface area contributed by atoms with Crippen molar-refractivity contribution in [2.75, 3.05) is 0 Å². The second-order valence-electron chi connectivity index (χ2n) is 6.39. The van der Waals surface area contributed by atoms with Crippen LogP contribution in [0.15, 0.2) is 24.3 Å². The van der Waals surface area contributed by atoms with Crippen molar-refractivity contribution in [3.8, 4) is 0 Å². The average Bonchev–Trinajstić information content (AvgIpc) is 2.91. The van der Waals surface area contributed by atoms with Crippen LogP contribution in [0.1, 0.15) is 50.6 Å². The van der Waals surface area contributed by atoms with E-state index in [2.05, 4.69) is 10.6 Å². The third-order valence-electron chi connectivity index (χ3n) is 4.89. The van der Waals surface area contributed by atoms with Gasteiger partial charge in [-0.25, -0.2) is 0 Å². The van der Waals surface area contributed by atoms with Crippen LogP contribution in [0.2, 0.25) is 5.02 Å². The number of halogens is 1. The van der Waals surface area contributed by atoms with Gasteiger partial charge in [0, 0.05) is 11.1 Å². The molecule has 3 unspecified atom stereocenters. The van der Waals surface area contributed by atoms with Crippen LogP contribution < -0.4 is 10.6 Å². The molecule has 2 aliphatic rings. The molecule has 2 N–H and O–H groups in total. The molecule has 0 bridgehead atoms. The summed E-state index contributed by atoms with van der Waals surface area (Å²) in [6, 6.07) is 8.19. The standard InChI is InChI=1S/C17H23ClN2O/c1-11(12-6-4-7-14(18)9-12)19-17(21)16-10-13-5-2-3-8-15(13)20-16/h4,6-7,9,11,13,15-16,20H,2-3,5,8,10H2,1H3,(H,19,21)/t11-,13?,15?,16?/m0/s1. The molecule has 1 aliphatic carbocycles. The number of nitrogens with one attached hydrogen (secondary N) is 2. The van der Waals surface area contributed by atoms with Gasteiger partial charge in [-0.3, -0.25) is 4.79 Å². The summed E-state index contributed by atoms with van der Waals surface area (Å²) in [5.74, 6) is 0.813. The SMILES string of the molecule is C[C@H](NC(=O)C1CC2CCCCC2N1)c1cccc(Cl)c1. The van der Waals surface area contributed by atoms with E-state index in [-0.39, 0.29) is 18.0 Å². The summed E-state index contributed by atoms with van der Waals surface area (Å²) in [5, 5.41) is 7.34. The Morgan fingerprint density at radius 3 is 2.95 bits per heavy atom. The van der Waals surface area contributed by atoms with Crippen molar-refractivity contribution in [3.05, 3.63) is 34.9 Å². The summed E-state index contributed by atoms with van der Waals surface area (Å²) in [6.45, 7) is 2.01. The molecule has 114 valence electrons. The molecular weight excluding hydrogens is 284 g/mol. The van der Waals surface area contributed by atoms with E-state index in [9.17, 15) is 4.79 Å². The zero-order valence-corrected chi connectivity index (χ0v) is 13.2. The lowest BCUT2D eigenvalue weighted by atomic mass is 9.85. The van der Waals surface area contributed by atoms with Gasteiger partial charge in [0.2, 0.25) is 5.91 Å². The monoisotopic (exact) mass is 306 g/mol. The van der Waals surface area contributed by atoms with Crippen molar-refractivity contribution in [1.82, 2.24) is 10.6 Å². The first kappa shape index (κ1) is 14.9. The van der Waals surface area contributed by atoms with Crippen LogP contribution in [-0.2, 0) is 4.79 Å². The van der Waals surface area contributed by atoms with Gasteiger partial charge >= 0.3 is 0 Å². The van der Waals surface area contributed by atoms with Gasteiger partial charge in [-0.05, 0) is 49.8 Å². The molecule has 1 saturated carbocycles. The number of carbonyl (C=O) groups excluding carboxylic acids is 1. The van der Waals surface area contributed by atoms with Crippen molar-refractivity contribution in [2.24, 2.45) is 5.92 Å². The lowest BCUT2D eigenvalue weighted by Crippen LogP contribution is -2.43. The maximum atomic E-state index is 12.5. The van der Waals surface area contributed by atoms with Crippen molar-refractivity contribution in [1.29, 1.82) is 0 Å². The van der Waals surface area contributed by atoms with Gasteiger partial charge in [0.25, 0.3) is 0 Å². The summed E-state index contributed by atoms with van der Waals surface area (Å²) in [7, 11) is 0. The van der Waals surface area contributed by atoms with E-state index in [4.69, 9.17) is 11.6 Å². The number of carbonyl (C=O) groups is 1. The Hall–Kier alpha value is -1.06. The quantitative estimate of drug-likeness (QED) is 0.898. The summed E-state index contributed by atoms with van der Waals surface area (Å²) in [6.07, 6.45) is 6.08. The molecule has 1 aliphatic heterocycles. The number of hydrogen-bond donors (Lipinski definition) is 2. The molecule has 3 rings (SSSR count). The van der Waals surface area contributed by atoms with Crippen molar-refractivity contribution < 1.29 is 4.79 Å². The van der Waals surface area contributed by atoms with Crippen LogP contribution in [0.25, 0.3) is 0 Å². The molecule has 0 spiro atoms. The van der Waals surface area contributed by atoms with Crippen LogP contribution in [0.5, 0.6) is 0 Å². The number of amides is 1. The van der Waals surface area contributed by atoms with Gasteiger partial charge in [0.1, 0.15) is 0 Å². The van der Waals surface area contributed by atoms with Crippen LogP contribution in [0, 0.1) is 5.92 Å². The maximum Gasteiger partial charge on any atom is 0.237 e. The number of hydrogen-bond acceptors (Lipinski definition) is 2. The normalized spacial score (nSPS) is 29.7. The Morgan fingerprint density at radius 2 is 2.19 bits per heavy atom. The summed E-state index contributed by atoms with van der Waals surface area (Å²) >= 11 is 6.01. The average molecular weight is 307 g/mol. The Kier molecular flexibility index (Phi) is 4.51. The lowest BCUT2D eigenvalue weighted by molar-refractivity contribution is -0.123. The number of rotatable bonds is 3. The summed E-state index contributed by atoms with van der Waals surface area (Å²) < 4.78 is 0. The molecule has 4 atom stereocenters. The van der Waals surface area contributed by atoms with Gasteiger partial charge < -0.3 is 10.6 Å². The van der Waals surface area contributed by atoms with Gasteiger partial charge in [0.05, 0.1) is 12.1 Å². The van der Waals surface area contributed by atoms with E-state index in [1.54, 1.807) is 0 Å². The Labute approximate surface area is 131 Å². The topological polar surface area (TPSA) is 41.1 Å². The number of benzene rings is 1. The fraction of sp³-hybridized carbons (Fsp3) is 0.588. The van der Waals surface area contributed by atoms with E-state index in [1.165, 1.54) is 25.7 Å². The molecular formula is C17H23ClN2O. The summed E-state index contributed by atoms with van der Waals surface area (Å²) in [4.78, 5) is 12.5. The van der Waals surface area contributed by atoms with Gasteiger partial charge in [0.15, 0.2) is 0 Å². The second kappa shape index (κ2) is 6.37. The molecule has 3 nitrogen and oxygen atoms in total. The highest BCUT2D eigenvalue weighted by Crippen LogP contribution is 2.33. The first-order valence-corrected chi connectivity index (χ1v) is 8.33. The van der Waals surface area contributed by atoms with Gasteiger partial charge in [-0.1, -0.05) is 36.6 Å². The van der Waals surface area contributed by atoms with E-state index in [0.29, 0.717) is 17.0 Å². The predicted octanol–water partition coefficient (Wildman–Crippen LogP) is 3.44. The van der Waals surface area contributed by atoms with Gasteiger partial charge in [-0.2, -0.15) is 0 Å². The zero-order chi connectivity index (χ0) is 14.8. The fourth-order valence-corrected chi connectivity index (χ4v) is 3.89. The Bertz CT molecular complexity index is 505. The third kappa shape index (κ3) is 3.41. The zero-order valence-electron chi connectivity index (χ0n) is 12.4. The molecule has 2 fully saturated rings. The first-order chi connectivity index (χ1) is 10.1. The largest absolute Gasteiger partial charge is 0.348 e. The van der Waals surface area contributed by atoms with E-state index in [1.807, 2.05) is 31.2 Å². The molecule has 0 aromatic heterocycles. The predicted molar refractivity (Wildman–Crippen MR) is 85.3 cm³/mol. The van der Waals surface area contributed by atoms with Crippen molar-refractivity contribution in [2.45, 2.75) is 57.2 Å². The molecule has 1 aromatic carbocycles. The van der Waals surface area contributed by atoms with E-state index in [0.717, 1.165) is 12.0 Å². The third-order valence-corrected chi connectivity index (χ3v) is 5.12. The molecule has 4 heteroatoms. The minimum atomic E-state index is -0.0280. The highest BCUT2D eigenvalue weighted by molar-refractivity contribution is 6.30. The summed E-state index contributed by atoms with van der Waals surface area (Å²) in [5.41, 5.74) is 1.05. The van der Waals surface area contributed by atoms with E-state index < -0.39 is 0 Å². The minimum absolute atomic E-state index is 0.0133.